The molecule has 0 aromatic heterocycles. The lowest BCUT2D eigenvalue weighted by Gasteiger charge is -2.32. The third kappa shape index (κ3) is 2.67. The molecule has 1 atom stereocenters. The molecule has 0 fully saturated rings. The number of nitrogens with one attached hydrogen (secondary N) is 1. The van der Waals surface area contributed by atoms with Gasteiger partial charge in [0.25, 0.3) is 0 Å². The van der Waals surface area contributed by atoms with Gasteiger partial charge in [-0.2, -0.15) is 0 Å². The first-order valence-electron chi connectivity index (χ1n) is 6.25. The van der Waals surface area contributed by atoms with Crippen LogP contribution in [0.25, 0.3) is 0 Å². The highest BCUT2D eigenvalue weighted by molar-refractivity contribution is 7.99. The molecule has 94 valence electrons. The van der Waals surface area contributed by atoms with Crippen LogP contribution >= 0.6 is 11.8 Å². The van der Waals surface area contributed by atoms with Crippen molar-refractivity contribution in [1.29, 1.82) is 0 Å². The van der Waals surface area contributed by atoms with E-state index in [0.717, 1.165) is 0 Å². The van der Waals surface area contributed by atoms with E-state index in [-0.39, 0.29) is 11.6 Å². The Hall–Kier alpha value is -0.510. The zero-order chi connectivity index (χ0) is 12.5. The molecule has 0 aliphatic carbocycles. The SMILES string of the molecule is CNC(C)(C)C(N)c1ccc2c(c1)CCCS2. The summed E-state index contributed by atoms with van der Waals surface area (Å²) in [4.78, 5) is 1.44. The predicted octanol–water partition coefficient (Wildman–Crippen LogP) is 2.72. The standard InChI is InChI=1S/C14H22N2S/c1-14(2,16-3)13(15)11-6-7-12-10(9-11)5-4-8-17-12/h6-7,9,13,16H,4-5,8,15H2,1-3H3. The van der Waals surface area contributed by atoms with E-state index in [9.17, 15) is 0 Å². The average Bonchev–Trinajstić information content (AvgIpc) is 2.37. The molecule has 3 heteroatoms. The topological polar surface area (TPSA) is 38.0 Å². The Morgan fingerprint density at radius 3 is 2.88 bits per heavy atom. The third-order valence-electron chi connectivity index (χ3n) is 3.71. The van der Waals surface area contributed by atoms with E-state index in [1.807, 2.05) is 18.8 Å². The normalized spacial score (nSPS) is 17.6. The highest BCUT2D eigenvalue weighted by Gasteiger charge is 2.26. The van der Waals surface area contributed by atoms with Gasteiger partial charge in [-0.05, 0) is 56.7 Å². The summed E-state index contributed by atoms with van der Waals surface area (Å²) in [5, 5.41) is 3.29. The Labute approximate surface area is 108 Å². The van der Waals surface area contributed by atoms with Crippen molar-refractivity contribution in [3.05, 3.63) is 29.3 Å². The maximum Gasteiger partial charge on any atom is 0.0474 e. The molecule has 2 rings (SSSR count). The minimum atomic E-state index is -0.0734. The summed E-state index contributed by atoms with van der Waals surface area (Å²) in [6.07, 6.45) is 2.48. The maximum atomic E-state index is 6.35. The number of aryl methyl sites for hydroxylation is 1. The lowest BCUT2D eigenvalue weighted by atomic mass is 9.88. The molecule has 0 radical (unpaired) electrons. The summed E-state index contributed by atoms with van der Waals surface area (Å²) in [5.74, 6) is 1.25. The average molecular weight is 250 g/mol. The fourth-order valence-corrected chi connectivity index (χ4v) is 3.17. The van der Waals surface area contributed by atoms with Gasteiger partial charge in [0.2, 0.25) is 0 Å². The Kier molecular flexibility index (Phi) is 3.81. The van der Waals surface area contributed by atoms with Crippen molar-refractivity contribution >= 4 is 11.8 Å². The van der Waals surface area contributed by atoms with Crippen molar-refractivity contribution in [2.45, 2.75) is 43.2 Å². The van der Waals surface area contributed by atoms with Gasteiger partial charge in [-0.15, -0.1) is 11.8 Å². The van der Waals surface area contributed by atoms with Crippen LogP contribution in [0.1, 0.15) is 37.4 Å². The smallest absolute Gasteiger partial charge is 0.0474 e. The first-order valence-corrected chi connectivity index (χ1v) is 7.23. The van der Waals surface area contributed by atoms with E-state index in [2.05, 4.69) is 37.4 Å². The van der Waals surface area contributed by atoms with Crippen LogP contribution in [0.3, 0.4) is 0 Å². The van der Waals surface area contributed by atoms with Crippen LogP contribution in [-0.2, 0) is 6.42 Å². The van der Waals surface area contributed by atoms with Crippen molar-refractivity contribution in [1.82, 2.24) is 5.32 Å². The van der Waals surface area contributed by atoms with Gasteiger partial charge in [-0.1, -0.05) is 12.1 Å². The Morgan fingerprint density at radius 2 is 2.18 bits per heavy atom. The first-order chi connectivity index (χ1) is 8.04. The predicted molar refractivity (Wildman–Crippen MR) is 75.6 cm³/mol. The van der Waals surface area contributed by atoms with Crippen LogP contribution in [0, 0.1) is 0 Å². The lowest BCUT2D eigenvalue weighted by molar-refractivity contribution is 0.348. The van der Waals surface area contributed by atoms with E-state index in [4.69, 9.17) is 5.73 Å². The van der Waals surface area contributed by atoms with Gasteiger partial charge in [0.05, 0.1) is 0 Å². The van der Waals surface area contributed by atoms with Crippen LogP contribution in [0.4, 0.5) is 0 Å². The number of hydrogen-bond acceptors (Lipinski definition) is 3. The number of nitrogens with two attached hydrogens (primary N) is 1. The second kappa shape index (κ2) is 5.01. The molecular formula is C14H22N2S. The summed E-state index contributed by atoms with van der Waals surface area (Å²) >= 11 is 1.97. The molecule has 0 bridgehead atoms. The number of thioether (sulfide) groups is 1. The first kappa shape index (κ1) is 12.9. The lowest BCUT2D eigenvalue weighted by Crippen LogP contribution is -2.46. The molecule has 2 nitrogen and oxygen atoms in total. The van der Waals surface area contributed by atoms with Gasteiger partial charge in [0.15, 0.2) is 0 Å². The summed E-state index contributed by atoms with van der Waals surface area (Å²) in [6, 6.07) is 6.75. The van der Waals surface area contributed by atoms with E-state index < -0.39 is 0 Å². The highest BCUT2D eigenvalue weighted by atomic mass is 32.2. The van der Waals surface area contributed by atoms with Crippen molar-refractivity contribution < 1.29 is 0 Å². The molecule has 1 aromatic carbocycles. The molecule has 1 aliphatic rings. The fourth-order valence-electron chi connectivity index (χ4n) is 2.15. The summed E-state index contributed by atoms with van der Waals surface area (Å²) in [6.45, 7) is 4.29. The maximum absolute atomic E-state index is 6.35. The van der Waals surface area contributed by atoms with Crippen molar-refractivity contribution in [3.8, 4) is 0 Å². The molecule has 0 saturated carbocycles. The number of benzene rings is 1. The van der Waals surface area contributed by atoms with E-state index in [0.29, 0.717) is 0 Å². The van der Waals surface area contributed by atoms with Gasteiger partial charge in [-0.3, -0.25) is 0 Å². The fraction of sp³-hybridized carbons (Fsp3) is 0.571. The van der Waals surface area contributed by atoms with Gasteiger partial charge in [0, 0.05) is 16.5 Å². The molecule has 0 saturated heterocycles. The minimum Gasteiger partial charge on any atom is -0.322 e. The quantitative estimate of drug-likeness (QED) is 0.866. The number of hydrogen-bond donors (Lipinski definition) is 2. The molecule has 1 aromatic rings. The molecule has 1 unspecified atom stereocenters. The van der Waals surface area contributed by atoms with Crippen molar-refractivity contribution in [2.24, 2.45) is 5.73 Å². The number of rotatable bonds is 3. The van der Waals surface area contributed by atoms with Gasteiger partial charge >= 0.3 is 0 Å². The van der Waals surface area contributed by atoms with Gasteiger partial charge < -0.3 is 11.1 Å². The second-order valence-electron chi connectivity index (χ2n) is 5.27. The molecule has 0 spiro atoms. The van der Waals surface area contributed by atoms with Gasteiger partial charge in [0.1, 0.15) is 0 Å². The molecule has 3 N–H and O–H groups in total. The van der Waals surface area contributed by atoms with E-state index in [1.54, 1.807) is 0 Å². The van der Waals surface area contributed by atoms with Crippen molar-refractivity contribution in [3.63, 3.8) is 0 Å². The number of likely N-dealkylation sites (N-methyl/N-ethyl adjacent to an activating group) is 1. The second-order valence-corrected chi connectivity index (χ2v) is 6.41. The molecule has 0 amide bonds. The largest absolute Gasteiger partial charge is 0.322 e. The zero-order valence-electron chi connectivity index (χ0n) is 10.9. The zero-order valence-corrected chi connectivity index (χ0v) is 11.7. The molecular weight excluding hydrogens is 228 g/mol. The molecule has 1 heterocycles. The Bertz CT molecular complexity index is 401. The van der Waals surface area contributed by atoms with E-state index >= 15 is 0 Å². The molecule has 1 aliphatic heterocycles. The number of fused-ring (bicyclic) bond motifs is 1. The summed E-state index contributed by atoms with van der Waals surface area (Å²) < 4.78 is 0. The third-order valence-corrected chi connectivity index (χ3v) is 4.92. The van der Waals surface area contributed by atoms with E-state index in [1.165, 1.54) is 34.6 Å². The van der Waals surface area contributed by atoms with Crippen LogP contribution in [0.2, 0.25) is 0 Å². The van der Waals surface area contributed by atoms with Crippen molar-refractivity contribution in [2.75, 3.05) is 12.8 Å². The Morgan fingerprint density at radius 1 is 1.41 bits per heavy atom. The highest BCUT2D eigenvalue weighted by Crippen LogP contribution is 2.33. The van der Waals surface area contributed by atoms with Crippen LogP contribution in [0.15, 0.2) is 23.1 Å². The minimum absolute atomic E-state index is 0.0322. The van der Waals surface area contributed by atoms with Crippen LogP contribution < -0.4 is 11.1 Å². The van der Waals surface area contributed by atoms with Gasteiger partial charge in [-0.25, -0.2) is 0 Å². The summed E-state index contributed by atoms with van der Waals surface area (Å²) in [7, 11) is 1.97. The van der Waals surface area contributed by atoms with Crippen LogP contribution in [-0.4, -0.2) is 18.3 Å². The monoisotopic (exact) mass is 250 g/mol. The summed E-state index contributed by atoms with van der Waals surface area (Å²) in [5.41, 5.74) is 8.99. The Balaban J connectivity index is 2.28. The van der Waals surface area contributed by atoms with Crippen LogP contribution in [0.5, 0.6) is 0 Å². The molecule has 17 heavy (non-hydrogen) atoms.